The predicted molar refractivity (Wildman–Crippen MR) is 119 cm³/mol. The van der Waals surface area contributed by atoms with Gasteiger partial charge in [0, 0.05) is 16.7 Å². The van der Waals surface area contributed by atoms with Gasteiger partial charge in [-0.05, 0) is 25.2 Å². The van der Waals surface area contributed by atoms with Crippen LogP contribution >= 0.6 is 24.8 Å². The molecule has 3 rings (SSSR count). The predicted octanol–water partition coefficient (Wildman–Crippen LogP) is 5.77. The second kappa shape index (κ2) is 11.0. The second-order valence-electron chi connectivity index (χ2n) is 5.78. The molecule has 0 aliphatic heterocycles. The molecule has 3 nitrogen and oxygen atoms in total. The van der Waals surface area contributed by atoms with Crippen LogP contribution in [0.15, 0.2) is 84.9 Å². The van der Waals surface area contributed by atoms with Gasteiger partial charge in [-0.15, -0.1) is 12.6 Å². The molecule has 1 unspecified atom stereocenters. The lowest BCUT2D eigenvalue weighted by Crippen LogP contribution is -2.09. The van der Waals surface area contributed by atoms with Crippen molar-refractivity contribution in [3.05, 3.63) is 107 Å². The van der Waals surface area contributed by atoms with Gasteiger partial charge in [0.1, 0.15) is 6.10 Å². The molecule has 0 amide bonds. The minimum Gasteiger partial charge on any atom is -0.475 e. The highest BCUT2D eigenvalue weighted by Gasteiger charge is 2.13. The molecule has 0 saturated carbocycles. The van der Waals surface area contributed by atoms with Gasteiger partial charge in [-0.25, -0.2) is 0 Å². The van der Waals surface area contributed by atoms with Crippen molar-refractivity contribution < 1.29 is 9.53 Å². The lowest BCUT2D eigenvalue weighted by atomic mass is 10.0. The molecule has 0 aromatic heterocycles. The highest BCUT2D eigenvalue weighted by Crippen LogP contribution is 2.22. The number of thiocarbonyl (C=S) groups is 1. The van der Waals surface area contributed by atoms with Gasteiger partial charge in [0.25, 0.3) is 0 Å². The van der Waals surface area contributed by atoms with E-state index in [9.17, 15) is 4.79 Å². The number of benzene rings is 3. The maximum absolute atomic E-state index is 10.5. The second-order valence-corrected chi connectivity index (χ2v) is 6.56. The van der Waals surface area contributed by atoms with E-state index in [0.717, 1.165) is 11.1 Å². The van der Waals surface area contributed by atoms with Crippen molar-refractivity contribution in [1.82, 2.24) is 0 Å². The van der Waals surface area contributed by atoms with E-state index in [1.807, 2.05) is 73.7 Å². The molecule has 0 aliphatic rings. The van der Waals surface area contributed by atoms with Crippen molar-refractivity contribution in [2.24, 2.45) is 0 Å². The number of thiol groups is 1. The molecule has 0 bridgehead atoms. The smallest absolute Gasteiger partial charge is 0.216 e. The molecule has 1 atom stereocenters. The van der Waals surface area contributed by atoms with Crippen molar-refractivity contribution in [3.63, 3.8) is 0 Å². The molecule has 0 saturated heterocycles. The lowest BCUT2D eigenvalue weighted by Gasteiger charge is -2.16. The van der Waals surface area contributed by atoms with Crippen molar-refractivity contribution in [2.45, 2.75) is 13.0 Å². The summed E-state index contributed by atoms with van der Waals surface area (Å²) < 4.78 is 5.75. The summed E-state index contributed by atoms with van der Waals surface area (Å²) in [5.74, 6) is 0. The Kier molecular flexibility index (Phi) is 8.41. The lowest BCUT2D eigenvalue weighted by molar-refractivity contribution is 0.109. The van der Waals surface area contributed by atoms with E-state index < -0.39 is 0 Å². The fourth-order valence-corrected chi connectivity index (χ4v) is 2.83. The highest BCUT2D eigenvalue weighted by molar-refractivity contribution is 7.97. The summed E-state index contributed by atoms with van der Waals surface area (Å²) >= 11 is 8.92. The van der Waals surface area contributed by atoms with Crippen LogP contribution in [0.25, 0.3) is 0 Å². The average Bonchev–Trinajstić information content (AvgIpc) is 2.75. The van der Waals surface area contributed by atoms with Crippen LogP contribution in [-0.4, -0.2) is 10.2 Å². The third-order valence-electron chi connectivity index (χ3n) is 3.83. The Bertz CT molecular complexity index is 967. The van der Waals surface area contributed by atoms with E-state index in [1.165, 1.54) is 0 Å². The van der Waals surface area contributed by atoms with Crippen LogP contribution in [0.1, 0.15) is 40.1 Å². The van der Waals surface area contributed by atoms with Crippen LogP contribution in [0.2, 0.25) is 0 Å². The molecule has 0 aliphatic carbocycles. The Morgan fingerprint density at radius 2 is 1.43 bits per heavy atom. The van der Waals surface area contributed by atoms with Gasteiger partial charge >= 0.3 is 0 Å². The standard InChI is InChI=1S/C16H13NOS.C7H6OS/c1-12(15-10-6-5-9-14(15)11-17)18-16(19)13-7-3-2-4-8-13;8-7(9)6-4-2-1-3-5-6/h2-10,12H,1H3;1-5H,(H,8,9). The minimum absolute atomic E-state index is 0.185. The van der Waals surface area contributed by atoms with Gasteiger partial charge in [0.05, 0.1) is 11.6 Å². The largest absolute Gasteiger partial charge is 0.475 e. The van der Waals surface area contributed by atoms with E-state index in [0.29, 0.717) is 16.2 Å². The SMILES string of the molecule is CC(OC(=S)c1ccccc1)c1ccccc1C#N.O=C(S)c1ccccc1. The van der Waals surface area contributed by atoms with Crippen LogP contribution in [0.3, 0.4) is 0 Å². The molecular weight excluding hydrogens is 386 g/mol. The Morgan fingerprint density at radius 3 is 1.93 bits per heavy atom. The van der Waals surface area contributed by atoms with Gasteiger partial charge in [0.15, 0.2) is 5.05 Å². The summed E-state index contributed by atoms with van der Waals surface area (Å²) in [6, 6.07) is 28.1. The third-order valence-corrected chi connectivity index (χ3v) is 4.42. The number of nitrogens with zero attached hydrogens (tertiary/aromatic N) is 1. The van der Waals surface area contributed by atoms with E-state index >= 15 is 0 Å². The van der Waals surface area contributed by atoms with Crippen molar-refractivity contribution in [1.29, 1.82) is 5.26 Å². The summed E-state index contributed by atoms with van der Waals surface area (Å²) in [5.41, 5.74) is 2.98. The average molecular weight is 406 g/mol. The first-order chi connectivity index (χ1) is 13.5. The molecule has 28 heavy (non-hydrogen) atoms. The number of ether oxygens (including phenoxy) is 1. The van der Waals surface area contributed by atoms with Crippen LogP contribution in [0, 0.1) is 11.3 Å². The number of carbonyl (C=O) groups excluding carboxylic acids is 1. The number of hydrogen-bond donors (Lipinski definition) is 1. The Balaban J connectivity index is 0.000000261. The van der Waals surface area contributed by atoms with E-state index in [-0.39, 0.29) is 11.2 Å². The molecule has 0 heterocycles. The Labute approximate surface area is 176 Å². The molecule has 140 valence electrons. The Hall–Kier alpha value is -2.94. The first-order valence-corrected chi connectivity index (χ1v) is 9.42. The molecule has 0 spiro atoms. The van der Waals surface area contributed by atoms with Crippen LogP contribution < -0.4 is 0 Å². The summed E-state index contributed by atoms with van der Waals surface area (Å²) in [6.07, 6.45) is -0.247. The first kappa shape index (κ1) is 21.4. The maximum Gasteiger partial charge on any atom is 0.216 e. The van der Waals surface area contributed by atoms with Gasteiger partial charge < -0.3 is 4.74 Å². The fourth-order valence-electron chi connectivity index (χ4n) is 2.40. The summed E-state index contributed by atoms with van der Waals surface area (Å²) in [4.78, 5) is 10.5. The monoisotopic (exact) mass is 405 g/mol. The zero-order valence-corrected chi connectivity index (χ0v) is 17.0. The molecular formula is C23H19NO2S2. The number of hydrogen-bond acceptors (Lipinski definition) is 4. The summed E-state index contributed by atoms with van der Waals surface area (Å²) in [6.45, 7) is 1.89. The molecule has 0 N–H and O–H groups in total. The third kappa shape index (κ3) is 6.34. The maximum atomic E-state index is 10.5. The van der Waals surface area contributed by atoms with Crippen molar-refractivity contribution in [2.75, 3.05) is 0 Å². The quantitative estimate of drug-likeness (QED) is 0.442. The van der Waals surface area contributed by atoms with Gasteiger partial charge in [-0.2, -0.15) is 5.26 Å². The van der Waals surface area contributed by atoms with Crippen molar-refractivity contribution in [3.8, 4) is 6.07 Å². The number of nitriles is 1. The molecule has 3 aromatic carbocycles. The molecule has 0 fully saturated rings. The van der Waals surface area contributed by atoms with E-state index in [2.05, 4.69) is 18.7 Å². The molecule has 5 heteroatoms. The normalized spacial score (nSPS) is 10.6. The van der Waals surface area contributed by atoms with Crippen LogP contribution in [0.5, 0.6) is 0 Å². The molecule has 0 radical (unpaired) electrons. The zero-order chi connectivity index (χ0) is 20.4. The Morgan fingerprint density at radius 1 is 0.929 bits per heavy atom. The number of carbonyl (C=O) groups is 1. The highest BCUT2D eigenvalue weighted by atomic mass is 32.1. The summed E-state index contributed by atoms with van der Waals surface area (Å²) in [5, 5.41) is 9.34. The molecule has 3 aromatic rings. The van der Waals surface area contributed by atoms with Gasteiger partial charge in [-0.1, -0.05) is 78.9 Å². The van der Waals surface area contributed by atoms with Gasteiger partial charge in [-0.3, -0.25) is 4.79 Å². The van der Waals surface area contributed by atoms with Crippen LogP contribution in [-0.2, 0) is 4.74 Å². The first-order valence-electron chi connectivity index (χ1n) is 8.56. The van der Waals surface area contributed by atoms with Crippen molar-refractivity contribution >= 4 is 35.0 Å². The minimum atomic E-state index is -0.247. The number of rotatable bonds is 4. The van der Waals surface area contributed by atoms with Crippen LogP contribution in [0.4, 0.5) is 0 Å². The summed E-state index contributed by atoms with van der Waals surface area (Å²) in [7, 11) is 0. The van der Waals surface area contributed by atoms with E-state index in [1.54, 1.807) is 18.2 Å². The fraction of sp³-hybridized carbons (Fsp3) is 0.0870. The van der Waals surface area contributed by atoms with E-state index in [4.69, 9.17) is 22.2 Å². The zero-order valence-electron chi connectivity index (χ0n) is 15.3. The topological polar surface area (TPSA) is 50.1 Å². The van der Waals surface area contributed by atoms with Gasteiger partial charge in [0.2, 0.25) is 5.12 Å².